The van der Waals surface area contributed by atoms with Crippen LogP contribution in [-0.4, -0.2) is 42.9 Å². The molecule has 9 nitrogen and oxygen atoms in total. The van der Waals surface area contributed by atoms with Crippen molar-refractivity contribution in [3.05, 3.63) is 89.0 Å². The molecule has 0 saturated carbocycles. The fourth-order valence-corrected chi connectivity index (χ4v) is 5.66. The summed E-state index contributed by atoms with van der Waals surface area (Å²) in [5.74, 6) is 0.0234. The number of ether oxygens (including phenoxy) is 4. The van der Waals surface area contributed by atoms with E-state index in [0.29, 0.717) is 32.1 Å². The lowest BCUT2D eigenvalue weighted by Crippen LogP contribution is -2.40. The molecule has 0 saturated heterocycles. The minimum Gasteiger partial charge on any atom is -0.496 e. The number of hydrogen-bond donors (Lipinski definition) is 0. The van der Waals surface area contributed by atoms with E-state index in [0.717, 1.165) is 10.0 Å². The number of nitrogens with zero attached hydrogens (tertiary/aromatic N) is 2. The average molecular weight is 630 g/mol. The lowest BCUT2D eigenvalue weighted by Gasteiger charge is -2.26. The van der Waals surface area contributed by atoms with Gasteiger partial charge in [0.05, 0.1) is 35.6 Å². The van der Waals surface area contributed by atoms with Gasteiger partial charge in [-0.25, -0.2) is 14.6 Å². The van der Waals surface area contributed by atoms with E-state index < -0.39 is 18.0 Å². The molecule has 4 rings (SSSR count). The van der Waals surface area contributed by atoms with Crippen LogP contribution in [0.1, 0.15) is 44.9 Å². The van der Waals surface area contributed by atoms with Crippen LogP contribution in [0.3, 0.4) is 0 Å². The average Bonchev–Trinajstić information content (AvgIpc) is 3.21. The molecule has 3 aromatic rings. The van der Waals surface area contributed by atoms with Crippen molar-refractivity contribution in [2.45, 2.75) is 39.8 Å². The maximum absolute atomic E-state index is 13.9. The molecule has 0 unspecified atom stereocenters. The highest BCUT2D eigenvalue weighted by atomic mass is 79.9. The molecule has 210 valence electrons. The van der Waals surface area contributed by atoms with E-state index in [1.165, 1.54) is 15.9 Å². The monoisotopic (exact) mass is 628 g/mol. The fourth-order valence-electron chi connectivity index (χ4n) is 4.23. The number of methoxy groups -OCH3 is 1. The van der Waals surface area contributed by atoms with Gasteiger partial charge in [-0.15, -0.1) is 0 Å². The molecule has 0 fully saturated rings. The third-order valence-electron chi connectivity index (χ3n) is 5.91. The third-order valence-corrected chi connectivity index (χ3v) is 7.39. The Morgan fingerprint density at radius 1 is 1.18 bits per heavy atom. The SMILES string of the molecule is CCOC(=O)COc1ccc(/C=c2\sc3n(c2=O)[C@H](c2cc(Br)ccc2OC)C(C(=O)OC(C)C)=C(C)N=3)cc1. The summed E-state index contributed by atoms with van der Waals surface area (Å²) in [5.41, 5.74) is 1.81. The van der Waals surface area contributed by atoms with Crippen LogP contribution in [0.15, 0.2) is 68.0 Å². The Bertz CT molecular complexity index is 1640. The quantitative estimate of drug-likeness (QED) is 0.331. The molecular formula is C29H29BrN2O7S. The minimum atomic E-state index is -0.809. The van der Waals surface area contributed by atoms with Crippen molar-refractivity contribution in [1.82, 2.24) is 4.57 Å². The van der Waals surface area contributed by atoms with E-state index in [1.54, 1.807) is 71.2 Å². The maximum Gasteiger partial charge on any atom is 0.344 e. The van der Waals surface area contributed by atoms with Gasteiger partial charge in [0.15, 0.2) is 11.4 Å². The number of carbonyl (C=O) groups is 2. The van der Waals surface area contributed by atoms with Crippen LogP contribution in [0.4, 0.5) is 0 Å². The summed E-state index contributed by atoms with van der Waals surface area (Å²) in [7, 11) is 1.54. The highest BCUT2D eigenvalue weighted by Crippen LogP contribution is 2.37. The van der Waals surface area contributed by atoms with Crippen molar-refractivity contribution >= 4 is 45.3 Å². The zero-order chi connectivity index (χ0) is 29.0. The predicted molar refractivity (Wildman–Crippen MR) is 154 cm³/mol. The topological polar surface area (TPSA) is 105 Å². The number of halogens is 1. The van der Waals surface area contributed by atoms with E-state index in [1.807, 2.05) is 12.1 Å². The summed E-state index contributed by atoms with van der Waals surface area (Å²) in [5, 5.41) is 0. The van der Waals surface area contributed by atoms with Gasteiger partial charge in [-0.2, -0.15) is 0 Å². The van der Waals surface area contributed by atoms with Crippen molar-refractivity contribution in [2.24, 2.45) is 4.99 Å². The molecule has 0 bridgehead atoms. The summed E-state index contributed by atoms with van der Waals surface area (Å²) in [6.45, 7) is 7.10. The number of thiazole rings is 1. The zero-order valence-corrected chi connectivity index (χ0v) is 25.1. The van der Waals surface area contributed by atoms with Crippen LogP contribution in [0, 0.1) is 0 Å². The fraction of sp³-hybridized carbons (Fsp3) is 0.310. The Kier molecular flexibility index (Phi) is 9.26. The minimum absolute atomic E-state index is 0.189. The third kappa shape index (κ3) is 6.37. The predicted octanol–water partition coefficient (Wildman–Crippen LogP) is 3.90. The van der Waals surface area contributed by atoms with Gasteiger partial charge in [-0.3, -0.25) is 9.36 Å². The summed E-state index contributed by atoms with van der Waals surface area (Å²) < 4.78 is 24.2. The van der Waals surface area contributed by atoms with Crippen LogP contribution in [0.2, 0.25) is 0 Å². The standard InChI is InChI=1S/C29H29BrN2O7S/c1-6-37-24(33)15-38-20-10-7-18(8-11-20)13-23-27(34)32-26(21-14-19(30)9-12-22(21)36-5)25(28(35)39-16(2)3)17(4)31-29(32)40-23/h7-14,16,26H,6,15H2,1-5H3/b23-13-/t26-/m1/s1. The first-order valence-corrected chi connectivity index (χ1v) is 14.2. The van der Waals surface area contributed by atoms with Gasteiger partial charge in [-0.05, 0) is 69.7 Å². The second-order valence-corrected chi connectivity index (χ2v) is 11.0. The second-order valence-electron chi connectivity index (χ2n) is 9.08. The second kappa shape index (κ2) is 12.6. The van der Waals surface area contributed by atoms with Gasteiger partial charge in [0.25, 0.3) is 5.56 Å². The van der Waals surface area contributed by atoms with Gasteiger partial charge in [-0.1, -0.05) is 39.4 Å². The molecule has 0 amide bonds. The Morgan fingerprint density at radius 2 is 1.90 bits per heavy atom. The van der Waals surface area contributed by atoms with Crippen molar-refractivity contribution in [1.29, 1.82) is 0 Å². The summed E-state index contributed by atoms with van der Waals surface area (Å²) in [6, 6.07) is 11.6. The molecule has 0 aliphatic carbocycles. The number of allylic oxidation sites excluding steroid dienone is 1. The van der Waals surface area contributed by atoms with Crippen LogP contribution >= 0.6 is 27.3 Å². The summed E-state index contributed by atoms with van der Waals surface area (Å²) in [6.07, 6.45) is 1.39. The summed E-state index contributed by atoms with van der Waals surface area (Å²) >= 11 is 4.73. The number of fused-ring (bicyclic) bond motifs is 1. The number of carbonyl (C=O) groups excluding carboxylic acids is 2. The first-order chi connectivity index (χ1) is 19.1. The van der Waals surface area contributed by atoms with E-state index in [4.69, 9.17) is 18.9 Å². The summed E-state index contributed by atoms with van der Waals surface area (Å²) in [4.78, 5) is 43.8. The molecule has 40 heavy (non-hydrogen) atoms. The van der Waals surface area contributed by atoms with Gasteiger partial charge in [0.2, 0.25) is 0 Å². The first kappa shape index (κ1) is 29.3. The number of rotatable bonds is 9. The molecule has 11 heteroatoms. The van der Waals surface area contributed by atoms with Crippen LogP contribution in [-0.2, 0) is 19.1 Å². The molecule has 1 aliphatic rings. The zero-order valence-electron chi connectivity index (χ0n) is 22.7. The maximum atomic E-state index is 13.9. The molecule has 0 radical (unpaired) electrons. The number of benzene rings is 2. The Morgan fingerprint density at radius 3 is 2.55 bits per heavy atom. The van der Waals surface area contributed by atoms with Crippen molar-refractivity contribution in [2.75, 3.05) is 20.3 Å². The van der Waals surface area contributed by atoms with Gasteiger partial charge >= 0.3 is 11.9 Å². The molecular weight excluding hydrogens is 600 g/mol. The number of hydrogen-bond acceptors (Lipinski definition) is 9. The van der Waals surface area contributed by atoms with Crippen molar-refractivity contribution < 1.29 is 28.5 Å². The normalized spacial score (nSPS) is 15.0. The Balaban J connectivity index is 1.80. The van der Waals surface area contributed by atoms with Gasteiger partial charge in [0, 0.05) is 10.0 Å². The van der Waals surface area contributed by atoms with Crippen LogP contribution < -0.4 is 24.4 Å². The van der Waals surface area contributed by atoms with Gasteiger partial charge in [0.1, 0.15) is 17.5 Å². The van der Waals surface area contributed by atoms with Crippen LogP contribution in [0.25, 0.3) is 6.08 Å². The Labute approximate surface area is 243 Å². The van der Waals surface area contributed by atoms with Gasteiger partial charge < -0.3 is 18.9 Å². The molecule has 0 spiro atoms. The van der Waals surface area contributed by atoms with E-state index in [2.05, 4.69) is 20.9 Å². The molecule has 2 heterocycles. The van der Waals surface area contributed by atoms with Crippen molar-refractivity contribution in [3.63, 3.8) is 0 Å². The largest absolute Gasteiger partial charge is 0.496 e. The smallest absolute Gasteiger partial charge is 0.344 e. The Hall–Kier alpha value is -3.70. The lowest BCUT2D eigenvalue weighted by atomic mass is 9.95. The molecule has 1 atom stereocenters. The number of esters is 2. The highest BCUT2D eigenvalue weighted by molar-refractivity contribution is 9.10. The first-order valence-electron chi connectivity index (χ1n) is 12.6. The molecule has 2 aromatic carbocycles. The number of aromatic nitrogens is 1. The molecule has 1 aliphatic heterocycles. The van der Waals surface area contributed by atoms with Crippen molar-refractivity contribution in [3.8, 4) is 11.5 Å². The van der Waals surface area contributed by atoms with E-state index >= 15 is 0 Å². The van der Waals surface area contributed by atoms with E-state index in [-0.39, 0.29) is 30.5 Å². The highest BCUT2D eigenvalue weighted by Gasteiger charge is 2.35. The van der Waals surface area contributed by atoms with E-state index in [9.17, 15) is 14.4 Å². The van der Waals surface area contributed by atoms with Crippen LogP contribution in [0.5, 0.6) is 11.5 Å². The molecule has 1 aromatic heterocycles. The lowest BCUT2D eigenvalue weighted by molar-refractivity contribution is -0.145. The molecule has 0 N–H and O–H groups in total.